The summed E-state index contributed by atoms with van der Waals surface area (Å²) in [4.78, 5) is 42.7. The number of piperidine rings is 1. The van der Waals surface area contributed by atoms with Gasteiger partial charge in [0.1, 0.15) is 0 Å². The van der Waals surface area contributed by atoms with E-state index in [1.54, 1.807) is 4.90 Å². The van der Waals surface area contributed by atoms with E-state index in [0.29, 0.717) is 43.9 Å². The molecule has 3 atom stereocenters. The highest BCUT2D eigenvalue weighted by Crippen LogP contribution is 2.43. The standard InChI is InChI=1S/C23H29F3N4O4/c1-15-12-29(13-16(2)34-15)19(31)17-8-10-28(11-9-17)14-30-20(32)22(23(24,25)26,27-21(30)33)18-6-4-3-5-7-18/h3-7,15-17H,8-14H2,1-2H3,(H,27,33)/t15-,16-,22-/m1/s1. The molecule has 3 heterocycles. The number of benzene rings is 1. The number of morpholine rings is 1. The molecular formula is C23H29F3N4O4. The van der Waals surface area contributed by atoms with E-state index in [2.05, 4.69) is 0 Å². The third kappa shape index (κ3) is 4.38. The Kier molecular flexibility index (Phi) is 6.61. The van der Waals surface area contributed by atoms with Gasteiger partial charge in [0.05, 0.1) is 18.9 Å². The molecule has 0 aliphatic carbocycles. The minimum atomic E-state index is -5.01. The summed E-state index contributed by atoms with van der Waals surface area (Å²) in [7, 11) is 0. The summed E-state index contributed by atoms with van der Waals surface area (Å²) in [6, 6.07) is 5.60. The number of hydrogen-bond acceptors (Lipinski definition) is 5. The van der Waals surface area contributed by atoms with Crippen LogP contribution in [-0.4, -0.2) is 83.8 Å². The number of amides is 4. The number of imide groups is 1. The topological polar surface area (TPSA) is 82.2 Å². The van der Waals surface area contributed by atoms with Crippen LogP contribution >= 0.6 is 0 Å². The van der Waals surface area contributed by atoms with Crippen LogP contribution < -0.4 is 5.32 Å². The second-order valence-electron chi connectivity index (χ2n) is 9.31. The lowest BCUT2D eigenvalue weighted by Crippen LogP contribution is -2.56. The van der Waals surface area contributed by atoms with Gasteiger partial charge >= 0.3 is 12.2 Å². The molecule has 3 saturated heterocycles. The van der Waals surface area contributed by atoms with Gasteiger partial charge in [-0.3, -0.25) is 14.5 Å². The van der Waals surface area contributed by atoms with Gasteiger partial charge in [0.15, 0.2) is 0 Å². The van der Waals surface area contributed by atoms with Crippen molar-refractivity contribution < 1.29 is 32.3 Å². The Labute approximate surface area is 196 Å². The number of nitrogens with zero attached hydrogens (tertiary/aromatic N) is 3. The predicted octanol–water partition coefficient (Wildman–Crippen LogP) is 2.30. The fourth-order valence-electron chi connectivity index (χ4n) is 5.08. The van der Waals surface area contributed by atoms with Crippen molar-refractivity contribution in [2.24, 2.45) is 5.92 Å². The van der Waals surface area contributed by atoms with E-state index in [0.717, 1.165) is 0 Å². The highest BCUT2D eigenvalue weighted by Gasteiger charge is 2.68. The molecule has 0 aromatic heterocycles. The summed E-state index contributed by atoms with van der Waals surface area (Å²) >= 11 is 0. The van der Waals surface area contributed by atoms with Gasteiger partial charge in [-0.05, 0) is 32.3 Å². The van der Waals surface area contributed by atoms with Crippen LogP contribution in [0.25, 0.3) is 0 Å². The van der Waals surface area contributed by atoms with Gasteiger partial charge < -0.3 is 15.0 Å². The highest BCUT2D eigenvalue weighted by atomic mass is 19.4. The molecule has 3 fully saturated rings. The van der Waals surface area contributed by atoms with Crippen LogP contribution in [0.2, 0.25) is 0 Å². The summed E-state index contributed by atoms with van der Waals surface area (Å²) in [6.45, 7) is 5.44. The number of nitrogens with one attached hydrogen (secondary N) is 1. The molecule has 1 N–H and O–H groups in total. The normalized spacial score (nSPS) is 29.4. The fraction of sp³-hybridized carbons (Fsp3) is 0.609. The third-order valence-corrected chi connectivity index (χ3v) is 6.75. The summed E-state index contributed by atoms with van der Waals surface area (Å²) < 4.78 is 48.0. The molecule has 4 amide bonds. The Morgan fingerprint density at radius 2 is 1.68 bits per heavy atom. The molecule has 11 heteroatoms. The Bertz CT molecular complexity index is 926. The monoisotopic (exact) mass is 482 g/mol. The third-order valence-electron chi connectivity index (χ3n) is 6.75. The van der Waals surface area contributed by atoms with Crippen molar-refractivity contribution >= 4 is 17.8 Å². The Hall–Kier alpha value is -2.66. The van der Waals surface area contributed by atoms with E-state index in [1.165, 1.54) is 30.3 Å². The van der Waals surface area contributed by atoms with Gasteiger partial charge in [-0.2, -0.15) is 13.2 Å². The lowest BCUT2D eigenvalue weighted by Gasteiger charge is -2.39. The molecule has 1 aromatic rings. The average molecular weight is 483 g/mol. The molecule has 34 heavy (non-hydrogen) atoms. The average Bonchev–Trinajstić information content (AvgIpc) is 3.05. The summed E-state index contributed by atoms with van der Waals surface area (Å²) in [5.41, 5.74) is -3.44. The first-order valence-corrected chi connectivity index (χ1v) is 11.5. The van der Waals surface area contributed by atoms with Crippen molar-refractivity contribution in [3.63, 3.8) is 0 Å². The van der Waals surface area contributed by atoms with Gasteiger partial charge in [-0.15, -0.1) is 0 Å². The van der Waals surface area contributed by atoms with Crippen molar-refractivity contribution in [1.82, 2.24) is 20.0 Å². The van der Waals surface area contributed by atoms with E-state index in [1.807, 2.05) is 24.1 Å². The zero-order valence-corrected chi connectivity index (χ0v) is 19.2. The maximum atomic E-state index is 14.1. The smallest absolute Gasteiger partial charge is 0.372 e. The van der Waals surface area contributed by atoms with Crippen molar-refractivity contribution in [2.45, 2.75) is 50.6 Å². The van der Waals surface area contributed by atoms with Gasteiger partial charge in [-0.1, -0.05) is 30.3 Å². The van der Waals surface area contributed by atoms with Crippen LogP contribution in [0.4, 0.5) is 18.0 Å². The number of urea groups is 1. The van der Waals surface area contributed by atoms with Crippen molar-refractivity contribution in [3.8, 4) is 0 Å². The number of likely N-dealkylation sites (tertiary alicyclic amines) is 1. The van der Waals surface area contributed by atoms with Crippen LogP contribution in [0, 0.1) is 5.92 Å². The molecule has 0 unspecified atom stereocenters. The zero-order chi connectivity index (χ0) is 24.7. The summed E-state index contributed by atoms with van der Waals surface area (Å²) in [5, 5.41) is 1.90. The second-order valence-corrected chi connectivity index (χ2v) is 9.31. The zero-order valence-electron chi connectivity index (χ0n) is 19.2. The van der Waals surface area contributed by atoms with Crippen LogP contribution in [0.3, 0.4) is 0 Å². The fourth-order valence-corrected chi connectivity index (χ4v) is 5.08. The number of alkyl halides is 3. The van der Waals surface area contributed by atoms with Gasteiger partial charge in [0.25, 0.3) is 5.91 Å². The van der Waals surface area contributed by atoms with Crippen LogP contribution in [0.5, 0.6) is 0 Å². The first-order valence-electron chi connectivity index (χ1n) is 11.5. The predicted molar refractivity (Wildman–Crippen MR) is 115 cm³/mol. The molecule has 186 valence electrons. The molecule has 0 bridgehead atoms. The quantitative estimate of drug-likeness (QED) is 0.667. The van der Waals surface area contributed by atoms with Crippen LogP contribution in [0.15, 0.2) is 30.3 Å². The number of rotatable bonds is 4. The lowest BCUT2D eigenvalue weighted by molar-refractivity contribution is -0.198. The molecule has 4 rings (SSSR count). The molecule has 3 aliphatic heterocycles. The lowest BCUT2D eigenvalue weighted by atomic mass is 9.89. The molecular weight excluding hydrogens is 453 g/mol. The minimum absolute atomic E-state index is 0.0361. The summed E-state index contributed by atoms with van der Waals surface area (Å²) in [5.74, 6) is -1.49. The van der Waals surface area contributed by atoms with Gasteiger partial charge in [0.2, 0.25) is 11.4 Å². The number of carbonyl (C=O) groups excluding carboxylic acids is 3. The molecule has 0 spiro atoms. The number of hydrogen-bond donors (Lipinski definition) is 1. The summed E-state index contributed by atoms with van der Waals surface area (Å²) in [6.07, 6.45) is -4.07. The number of carbonyl (C=O) groups is 3. The largest absolute Gasteiger partial charge is 0.425 e. The highest BCUT2D eigenvalue weighted by molar-refractivity contribution is 6.08. The van der Waals surface area contributed by atoms with Crippen molar-refractivity contribution in [3.05, 3.63) is 35.9 Å². The first kappa shape index (κ1) is 24.5. The Balaban J connectivity index is 1.41. The van der Waals surface area contributed by atoms with Crippen molar-refractivity contribution in [1.29, 1.82) is 0 Å². The molecule has 0 saturated carbocycles. The van der Waals surface area contributed by atoms with E-state index in [9.17, 15) is 27.6 Å². The maximum Gasteiger partial charge on any atom is 0.425 e. The Morgan fingerprint density at radius 3 is 2.24 bits per heavy atom. The minimum Gasteiger partial charge on any atom is -0.372 e. The molecule has 0 radical (unpaired) electrons. The maximum absolute atomic E-state index is 14.1. The number of ether oxygens (including phenoxy) is 1. The first-order chi connectivity index (χ1) is 16.0. The van der Waals surface area contributed by atoms with E-state index in [-0.39, 0.29) is 36.3 Å². The van der Waals surface area contributed by atoms with Crippen LogP contribution in [-0.2, 0) is 19.9 Å². The van der Waals surface area contributed by atoms with Gasteiger partial charge in [-0.25, -0.2) is 9.69 Å². The Morgan fingerprint density at radius 1 is 1.09 bits per heavy atom. The molecule has 3 aliphatic rings. The van der Waals surface area contributed by atoms with Gasteiger partial charge in [0, 0.05) is 32.1 Å². The second kappa shape index (κ2) is 9.18. The van der Waals surface area contributed by atoms with E-state index < -0.39 is 23.7 Å². The van der Waals surface area contributed by atoms with Crippen molar-refractivity contribution in [2.75, 3.05) is 32.8 Å². The SMILES string of the molecule is C[C@@H]1CN(C(=O)C2CCN(CN3C(=O)N[C@@](c4ccccc4)(C(F)(F)F)C3=O)CC2)C[C@@H](C)O1. The van der Waals surface area contributed by atoms with E-state index >= 15 is 0 Å². The van der Waals surface area contributed by atoms with E-state index in [4.69, 9.17) is 4.74 Å². The molecule has 8 nitrogen and oxygen atoms in total. The van der Waals surface area contributed by atoms with Crippen LogP contribution in [0.1, 0.15) is 32.3 Å². The number of halogens is 3. The molecule has 1 aromatic carbocycles.